The Morgan fingerprint density at radius 2 is 2.25 bits per heavy atom. The molecule has 0 radical (unpaired) electrons. The second kappa shape index (κ2) is 7.61. The van der Waals surface area contributed by atoms with Gasteiger partial charge in [-0.1, -0.05) is 6.07 Å². The van der Waals surface area contributed by atoms with Crippen molar-refractivity contribution in [2.24, 2.45) is 0 Å². The first-order chi connectivity index (χ1) is 11.6. The van der Waals surface area contributed by atoms with Gasteiger partial charge in [-0.05, 0) is 37.6 Å². The van der Waals surface area contributed by atoms with E-state index < -0.39 is 0 Å². The van der Waals surface area contributed by atoms with E-state index in [1.54, 1.807) is 12.1 Å². The van der Waals surface area contributed by atoms with Crippen molar-refractivity contribution in [3.8, 4) is 0 Å². The largest absolute Gasteiger partial charge is 0.336 e. The van der Waals surface area contributed by atoms with Crippen LogP contribution in [0.1, 0.15) is 19.3 Å². The third-order valence-corrected chi connectivity index (χ3v) is 4.57. The van der Waals surface area contributed by atoms with Crippen LogP contribution in [-0.4, -0.2) is 60.5 Å². The Labute approximate surface area is 141 Å². The first-order valence-electron chi connectivity index (χ1n) is 8.44. The van der Waals surface area contributed by atoms with E-state index in [-0.39, 0.29) is 23.8 Å². The lowest BCUT2D eigenvalue weighted by Gasteiger charge is -2.36. The first-order valence-corrected chi connectivity index (χ1v) is 8.44. The third kappa shape index (κ3) is 4.23. The van der Waals surface area contributed by atoms with Crippen LogP contribution < -0.4 is 10.6 Å². The van der Waals surface area contributed by atoms with Gasteiger partial charge in [-0.25, -0.2) is 9.18 Å². The minimum absolute atomic E-state index is 0.0192. The lowest BCUT2D eigenvalue weighted by molar-refractivity contribution is -0.116. The van der Waals surface area contributed by atoms with E-state index in [9.17, 15) is 14.0 Å². The fraction of sp³-hybridized carbons (Fsp3) is 0.529. The van der Waals surface area contributed by atoms with E-state index in [2.05, 4.69) is 15.5 Å². The molecule has 0 bridgehead atoms. The van der Waals surface area contributed by atoms with Crippen molar-refractivity contribution in [2.45, 2.75) is 25.3 Å². The van der Waals surface area contributed by atoms with Gasteiger partial charge in [0.05, 0.1) is 0 Å². The Hall–Kier alpha value is -2.15. The number of anilines is 1. The zero-order valence-corrected chi connectivity index (χ0v) is 13.6. The predicted molar refractivity (Wildman–Crippen MR) is 89.2 cm³/mol. The van der Waals surface area contributed by atoms with Crippen LogP contribution in [0, 0.1) is 5.82 Å². The SMILES string of the molecule is O=C(CCN1CCC[C@@H](N2CCNC2=O)C1)Nc1cccc(F)c1. The molecule has 0 aromatic heterocycles. The van der Waals surface area contributed by atoms with E-state index in [4.69, 9.17) is 0 Å². The summed E-state index contributed by atoms with van der Waals surface area (Å²) in [6.45, 7) is 3.87. The van der Waals surface area contributed by atoms with Gasteiger partial charge in [0.25, 0.3) is 0 Å². The molecule has 0 aliphatic carbocycles. The minimum Gasteiger partial charge on any atom is -0.336 e. The highest BCUT2D eigenvalue weighted by molar-refractivity contribution is 5.90. The van der Waals surface area contributed by atoms with Crippen LogP contribution in [0.5, 0.6) is 0 Å². The maximum absolute atomic E-state index is 13.1. The molecule has 3 rings (SSSR count). The number of urea groups is 1. The summed E-state index contributed by atoms with van der Waals surface area (Å²) < 4.78 is 13.1. The van der Waals surface area contributed by atoms with Crippen molar-refractivity contribution in [1.29, 1.82) is 0 Å². The molecule has 24 heavy (non-hydrogen) atoms. The molecule has 2 aliphatic heterocycles. The molecule has 2 aliphatic rings. The number of benzene rings is 1. The molecule has 0 saturated carbocycles. The van der Waals surface area contributed by atoms with Gasteiger partial charge in [0, 0.05) is 44.3 Å². The monoisotopic (exact) mass is 334 g/mol. The Morgan fingerprint density at radius 3 is 3.00 bits per heavy atom. The highest BCUT2D eigenvalue weighted by atomic mass is 19.1. The molecule has 6 nitrogen and oxygen atoms in total. The summed E-state index contributed by atoms with van der Waals surface area (Å²) in [5.74, 6) is -0.489. The van der Waals surface area contributed by atoms with Crippen LogP contribution in [-0.2, 0) is 4.79 Å². The summed E-state index contributed by atoms with van der Waals surface area (Å²) in [6.07, 6.45) is 2.40. The average molecular weight is 334 g/mol. The van der Waals surface area contributed by atoms with E-state index in [0.29, 0.717) is 25.2 Å². The topological polar surface area (TPSA) is 64.7 Å². The maximum atomic E-state index is 13.1. The fourth-order valence-electron chi connectivity index (χ4n) is 3.37. The predicted octanol–water partition coefficient (Wildman–Crippen LogP) is 1.64. The number of halogens is 1. The maximum Gasteiger partial charge on any atom is 0.317 e. The van der Waals surface area contributed by atoms with Gasteiger partial charge < -0.3 is 20.4 Å². The van der Waals surface area contributed by atoms with Gasteiger partial charge in [-0.2, -0.15) is 0 Å². The minimum atomic E-state index is -0.365. The molecule has 2 N–H and O–H groups in total. The van der Waals surface area contributed by atoms with Gasteiger partial charge in [0.2, 0.25) is 5.91 Å². The smallest absolute Gasteiger partial charge is 0.317 e. The Kier molecular flexibility index (Phi) is 5.30. The highest BCUT2D eigenvalue weighted by Gasteiger charge is 2.31. The van der Waals surface area contributed by atoms with Crippen LogP contribution in [0.3, 0.4) is 0 Å². The van der Waals surface area contributed by atoms with Crippen LogP contribution in [0.25, 0.3) is 0 Å². The van der Waals surface area contributed by atoms with E-state index in [0.717, 1.165) is 32.5 Å². The van der Waals surface area contributed by atoms with Gasteiger partial charge in [-0.3, -0.25) is 4.79 Å². The lowest BCUT2D eigenvalue weighted by Crippen LogP contribution is -2.49. The molecule has 1 atom stereocenters. The number of piperidine rings is 1. The van der Waals surface area contributed by atoms with Crippen molar-refractivity contribution in [1.82, 2.24) is 15.1 Å². The number of likely N-dealkylation sites (tertiary alicyclic amines) is 1. The molecule has 130 valence electrons. The summed E-state index contributed by atoms with van der Waals surface area (Å²) in [5, 5.41) is 5.55. The quantitative estimate of drug-likeness (QED) is 0.860. The van der Waals surface area contributed by atoms with Crippen molar-refractivity contribution >= 4 is 17.6 Å². The molecule has 1 aromatic rings. The molecule has 0 unspecified atom stereocenters. The fourth-order valence-corrected chi connectivity index (χ4v) is 3.37. The van der Waals surface area contributed by atoms with Gasteiger partial charge in [0.1, 0.15) is 5.82 Å². The second-order valence-corrected chi connectivity index (χ2v) is 6.33. The normalized spacial score (nSPS) is 21.6. The van der Waals surface area contributed by atoms with Gasteiger partial charge in [0.15, 0.2) is 0 Å². The number of rotatable bonds is 5. The summed E-state index contributed by atoms with van der Waals surface area (Å²) in [5.41, 5.74) is 0.477. The van der Waals surface area contributed by atoms with E-state index in [1.807, 2.05) is 4.90 Å². The standard InChI is InChI=1S/C17H23FN4O2/c18-13-3-1-4-14(11-13)20-16(23)6-9-21-8-2-5-15(12-21)22-10-7-19-17(22)24/h1,3-4,11,15H,2,5-10,12H2,(H,19,24)(H,20,23)/t15-/m1/s1. The number of nitrogens with one attached hydrogen (secondary N) is 2. The van der Waals surface area contributed by atoms with Crippen LogP contribution in [0.4, 0.5) is 14.9 Å². The molecule has 2 saturated heterocycles. The Morgan fingerprint density at radius 1 is 1.38 bits per heavy atom. The van der Waals surface area contributed by atoms with Crippen LogP contribution >= 0.6 is 0 Å². The summed E-state index contributed by atoms with van der Waals surface area (Å²) in [4.78, 5) is 27.9. The van der Waals surface area contributed by atoms with E-state index in [1.165, 1.54) is 12.1 Å². The molecule has 1 aromatic carbocycles. The lowest BCUT2D eigenvalue weighted by atomic mass is 10.0. The molecular formula is C17H23FN4O2. The van der Waals surface area contributed by atoms with E-state index >= 15 is 0 Å². The molecule has 2 fully saturated rings. The summed E-state index contributed by atoms with van der Waals surface area (Å²) in [6, 6.07) is 6.14. The third-order valence-electron chi connectivity index (χ3n) is 4.57. The zero-order chi connectivity index (χ0) is 16.9. The number of hydrogen-bond donors (Lipinski definition) is 2. The average Bonchev–Trinajstić information content (AvgIpc) is 2.99. The Balaban J connectivity index is 1.45. The Bertz CT molecular complexity index is 610. The molecule has 0 spiro atoms. The number of nitrogens with zero attached hydrogens (tertiary/aromatic N) is 2. The highest BCUT2D eigenvalue weighted by Crippen LogP contribution is 2.18. The molecule has 3 amide bonds. The zero-order valence-electron chi connectivity index (χ0n) is 13.6. The molecular weight excluding hydrogens is 311 g/mol. The van der Waals surface area contributed by atoms with Crippen molar-refractivity contribution in [2.75, 3.05) is 38.0 Å². The second-order valence-electron chi connectivity index (χ2n) is 6.33. The summed E-state index contributed by atoms with van der Waals surface area (Å²) >= 11 is 0. The van der Waals surface area contributed by atoms with Crippen LogP contribution in [0.2, 0.25) is 0 Å². The number of hydrogen-bond acceptors (Lipinski definition) is 3. The van der Waals surface area contributed by atoms with Crippen molar-refractivity contribution in [3.63, 3.8) is 0 Å². The first kappa shape index (κ1) is 16.7. The van der Waals surface area contributed by atoms with Crippen molar-refractivity contribution < 1.29 is 14.0 Å². The number of carbonyl (C=O) groups is 2. The van der Waals surface area contributed by atoms with Crippen LogP contribution in [0.15, 0.2) is 24.3 Å². The summed E-state index contributed by atoms with van der Waals surface area (Å²) in [7, 11) is 0. The van der Waals surface area contributed by atoms with Gasteiger partial charge in [-0.15, -0.1) is 0 Å². The molecule has 7 heteroatoms. The number of amides is 3. The number of carbonyl (C=O) groups excluding carboxylic acids is 2. The molecule has 2 heterocycles. The van der Waals surface area contributed by atoms with Crippen molar-refractivity contribution in [3.05, 3.63) is 30.1 Å². The van der Waals surface area contributed by atoms with Gasteiger partial charge >= 0.3 is 6.03 Å².